The summed E-state index contributed by atoms with van der Waals surface area (Å²) in [5, 5.41) is 2.84. The van der Waals surface area contributed by atoms with Crippen molar-refractivity contribution in [2.24, 2.45) is 0 Å². The third kappa shape index (κ3) is 3.71. The van der Waals surface area contributed by atoms with Gasteiger partial charge in [0, 0.05) is 25.7 Å². The first-order chi connectivity index (χ1) is 14.1. The molecule has 0 saturated carbocycles. The van der Waals surface area contributed by atoms with Crippen LogP contribution in [0.2, 0.25) is 0 Å². The maximum absolute atomic E-state index is 13.8. The van der Waals surface area contributed by atoms with Gasteiger partial charge >= 0.3 is 0 Å². The number of rotatable bonds is 6. The van der Waals surface area contributed by atoms with Crippen molar-refractivity contribution in [1.82, 2.24) is 14.3 Å². The van der Waals surface area contributed by atoms with Crippen LogP contribution < -0.4 is 15.6 Å². The van der Waals surface area contributed by atoms with Gasteiger partial charge in [0.25, 0.3) is 5.56 Å². The Morgan fingerprint density at radius 2 is 1.93 bits per heavy atom. The van der Waals surface area contributed by atoms with Crippen LogP contribution >= 0.6 is 0 Å². The monoisotopic (exact) mass is 393 g/mol. The SMILES string of the molecule is COc1cccc(CNC(=O)CCn2c(=O)c3cccn3c3ccc(F)cc32)c1. The Hall–Kier alpha value is -3.61. The molecule has 2 aromatic carbocycles. The molecule has 0 fully saturated rings. The first kappa shape index (κ1) is 18.7. The fourth-order valence-corrected chi connectivity index (χ4v) is 3.44. The molecule has 0 atom stereocenters. The van der Waals surface area contributed by atoms with Crippen molar-refractivity contribution < 1.29 is 13.9 Å². The minimum atomic E-state index is -0.431. The first-order valence-electron chi connectivity index (χ1n) is 9.25. The predicted octanol–water partition coefficient (Wildman–Crippen LogP) is 3.11. The highest BCUT2D eigenvalue weighted by Gasteiger charge is 2.12. The third-order valence-corrected chi connectivity index (χ3v) is 4.89. The lowest BCUT2D eigenvalue weighted by Gasteiger charge is -2.13. The van der Waals surface area contributed by atoms with Crippen molar-refractivity contribution in [3.05, 3.63) is 82.5 Å². The van der Waals surface area contributed by atoms with Crippen LogP contribution in [0.15, 0.2) is 65.6 Å². The van der Waals surface area contributed by atoms with E-state index in [1.165, 1.54) is 16.7 Å². The Morgan fingerprint density at radius 3 is 2.76 bits per heavy atom. The molecule has 4 aromatic rings. The maximum Gasteiger partial charge on any atom is 0.275 e. The van der Waals surface area contributed by atoms with E-state index in [1.807, 2.05) is 24.3 Å². The van der Waals surface area contributed by atoms with Gasteiger partial charge in [-0.3, -0.25) is 9.59 Å². The number of benzene rings is 2. The van der Waals surface area contributed by atoms with E-state index in [0.717, 1.165) is 11.3 Å². The number of ether oxygens (including phenoxy) is 1. The van der Waals surface area contributed by atoms with Crippen LogP contribution in [0.4, 0.5) is 4.39 Å². The van der Waals surface area contributed by atoms with Crippen molar-refractivity contribution in [3.63, 3.8) is 0 Å². The Morgan fingerprint density at radius 1 is 1.07 bits per heavy atom. The maximum atomic E-state index is 13.8. The van der Waals surface area contributed by atoms with Gasteiger partial charge in [-0.2, -0.15) is 0 Å². The summed E-state index contributed by atoms with van der Waals surface area (Å²) in [6, 6.07) is 15.2. The minimum absolute atomic E-state index is 0.104. The molecular formula is C22H20FN3O3. The molecule has 0 aliphatic rings. The minimum Gasteiger partial charge on any atom is -0.497 e. The molecule has 0 unspecified atom stereocenters. The van der Waals surface area contributed by atoms with Gasteiger partial charge in [0.1, 0.15) is 17.1 Å². The van der Waals surface area contributed by atoms with Gasteiger partial charge in [-0.05, 0) is 48.0 Å². The molecule has 1 N–H and O–H groups in total. The lowest BCUT2D eigenvalue weighted by atomic mass is 10.2. The molecule has 1 amide bonds. The second kappa shape index (κ2) is 7.79. The highest BCUT2D eigenvalue weighted by atomic mass is 19.1. The predicted molar refractivity (Wildman–Crippen MR) is 109 cm³/mol. The lowest BCUT2D eigenvalue weighted by molar-refractivity contribution is -0.121. The van der Waals surface area contributed by atoms with Crippen LogP contribution in [0.3, 0.4) is 0 Å². The molecule has 2 heterocycles. The Labute approximate surface area is 166 Å². The second-order valence-electron chi connectivity index (χ2n) is 6.73. The van der Waals surface area contributed by atoms with E-state index < -0.39 is 5.82 Å². The highest BCUT2D eigenvalue weighted by molar-refractivity contribution is 5.80. The van der Waals surface area contributed by atoms with E-state index in [9.17, 15) is 14.0 Å². The summed E-state index contributed by atoms with van der Waals surface area (Å²) in [7, 11) is 1.59. The zero-order chi connectivity index (χ0) is 20.4. The van der Waals surface area contributed by atoms with Crippen LogP contribution in [-0.2, 0) is 17.9 Å². The number of hydrogen-bond donors (Lipinski definition) is 1. The van der Waals surface area contributed by atoms with Gasteiger partial charge in [0.05, 0.1) is 18.1 Å². The molecule has 0 saturated heterocycles. The summed E-state index contributed by atoms with van der Waals surface area (Å²) in [4.78, 5) is 25.2. The number of nitrogens with zero attached hydrogens (tertiary/aromatic N) is 2. The van der Waals surface area contributed by atoms with E-state index in [2.05, 4.69) is 5.32 Å². The van der Waals surface area contributed by atoms with E-state index in [0.29, 0.717) is 23.1 Å². The number of methoxy groups -OCH3 is 1. The van der Waals surface area contributed by atoms with Gasteiger partial charge in [0.15, 0.2) is 0 Å². The number of carbonyl (C=O) groups is 1. The zero-order valence-electron chi connectivity index (χ0n) is 15.9. The summed E-state index contributed by atoms with van der Waals surface area (Å²) in [6.45, 7) is 0.516. The molecule has 0 radical (unpaired) electrons. The average Bonchev–Trinajstić information content (AvgIpc) is 3.22. The zero-order valence-corrected chi connectivity index (χ0v) is 15.9. The van der Waals surface area contributed by atoms with Gasteiger partial charge in [0.2, 0.25) is 5.91 Å². The quantitative estimate of drug-likeness (QED) is 0.548. The number of amides is 1. The van der Waals surface area contributed by atoms with Crippen LogP contribution in [0.5, 0.6) is 5.75 Å². The van der Waals surface area contributed by atoms with E-state index in [-0.39, 0.29) is 24.4 Å². The number of nitrogens with one attached hydrogen (secondary N) is 1. The fraction of sp³-hybridized carbons (Fsp3) is 0.182. The summed E-state index contributed by atoms with van der Waals surface area (Å²) in [6.07, 6.45) is 1.87. The molecule has 7 heteroatoms. The van der Waals surface area contributed by atoms with E-state index in [4.69, 9.17) is 4.74 Å². The summed E-state index contributed by atoms with van der Waals surface area (Å²) < 4.78 is 22.2. The Balaban J connectivity index is 1.54. The highest BCUT2D eigenvalue weighted by Crippen LogP contribution is 2.17. The number of aromatic nitrogens is 2. The Kier molecular flexibility index (Phi) is 5.03. The van der Waals surface area contributed by atoms with Crippen LogP contribution in [0, 0.1) is 5.82 Å². The molecule has 0 bridgehead atoms. The molecule has 0 aliphatic carbocycles. The van der Waals surface area contributed by atoms with E-state index in [1.54, 1.807) is 35.9 Å². The Bertz CT molecular complexity index is 1260. The van der Waals surface area contributed by atoms with Crippen molar-refractivity contribution >= 4 is 22.5 Å². The van der Waals surface area contributed by atoms with Crippen LogP contribution in [0.1, 0.15) is 12.0 Å². The molecule has 4 rings (SSSR count). The molecule has 0 aliphatic heterocycles. The van der Waals surface area contributed by atoms with Crippen molar-refractivity contribution in [3.8, 4) is 5.75 Å². The van der Waals surface area contributed by atoms with Crippen molar-refractivity contribution in [1.29, 1.82) is 0 Å². The second-order valence-corrected chi connectivity index (χ2v) is 6.73. The van der Waals surface area contributed by atoms with Crippen molar-refractivity contribution in [2.45, 2.75) is 19.5 Å². The molecule has 29 heavy (non-hydrogen) atoms. The standard InChI is InChI=1S/C22H20FN3O3/c1-29-17-5-2-4-15(12-17)14-24-21(27)9-11-26-20-13-16(23)7-8-18(20)25-10-3-6-19(25)22(26)28/h2-8,10,12-13H,9,11,14H2,1H3,(H,24,27). The lowest BCUT2D eigenvalue weighted by Crippen LogP contribution is -2.28. The van der Waals surface area contributed by atoms with Gasteiger partial charge in [-0.1, -0.05) is 12.1 Å². The molecule has 148 valence electrons. The van der Waals surface area contributed by atoms with Crippen LogP contribution in [-0.4, -0.2) is 22.0 Å². The third-order valence-electron chi connectivity index (χ3n) is 4.89. The number of fused-ring (bicyclic) bond motifs is 3. The molecular weight excluding hydrogens is 373 g/mol. The first-order valence-corrected chi connectivity index (χ1v) is 9.25. The number of aryl methyl sites for hydroxylation is 1. The largest absolute Gasteiger partial charge is 0.497 e. The smallest absolute Gasteiger partial charge is 0.275 e. The summed E-state index contributed by atoms with van der Waals surface area (Å²) in [5.41, 5.74) is 2.31. The topological polar surface area (TPSA) is 64.7 Å². The number of halogens is 1. The van der Waals surface area contributed by atoms with Gasteiger partial charge in [-0.15, -0.1) is 0 Å². The van der Waals surface area contributed by atoms with Gasteiger partial charge in [-0.25, -0.2) is 4.39 Å². The molecule has 6 nitrogen and oxygen atoms in total. The summed E-state index contributed by atoms with van der Waals surface area (Å²) >= 11 is 0. The fourth-order valence-electron chi connectivity index (χ4n) is 3.44. The normalized spacial score (nSPS) is 11.1. The summed E-state index contributed by atoms with van der Waals surface area (Å²) in [5.74, 6) is 0.0939. The average molecular weight is 393 g/mol. The van der Waals surface area contributed by atoms with E-state index >= 15 is 0 Å². The van der Waals surface area contributed by atoms with Crippen molar-refractivity contribution in [2.75, 3.05) is 7.11 Å². The molecule has 2 aromatic heterocycles. The number of hydrogen-bond acceptors (Lipinski definition) is 3. The van der Waals surface area contributed by atoms with Crippen LogP contribution in [0.25, 0.3) is 16.6 Å². The van der Waals surface area contributed by atoms with Gasteiger partial charge < -0.3 is 19.0 Å². The molecule has 0 spiro atoms. The number of carbonyl (C=O) groups excluding carboxylic acids is 1.